The molecular formula is C21H19ClN2O3S2. The van der Waals surface area contributed by atoms with E-state index in [2.05, 4.69) is 5.32 Å². The largest absolute Gasteiger partial charge is 0.322 e. The van der Waals surface area contributed by atoms with Gasteiger partial charge >= 0.3 is 0 Å². The summed E-state index contributed by atoms with van der Waals surface area (Å²) in [5.74, 6) is -0.294. The fourth-order valence-corrected chi connectivity index (χ4v) is 4.33. The van der Waals surface area contributed by atoms with Gasteiger partial charge in [-0.05, 0) is 79.1 Å². The summed E-state index contributed by atoms with van der Waals surface area (Å²) in [7, 11) is -2.21. The summed E-state index contributed by atoms with van der Waals surface area (Å²) in [6, 6.07) is 19.9. The Morgan fingerprint density at radius 1 is 0.931 bits per heavy atom. The second kappa shape index (κ2) is 8.90. The Morgan fingerprint density at radius 2 is 1.52 bits per heavy atom. The topological polar surface area (TPSA) is 66.5 Å². The van der Waals surface area contributed by atoms with Gasteiger partial charge in [-0.2, -0.15) is 0 Å². The summed E-state index contributed by atoms with van der Waals surface area (Å²) in [6.45, 7) is 0. The van der Waals surface area contributed by atoms with Crippen LogP contribution in [0.3, 0.4) is 0 Å². The van der Waals surface area contributed by atoms with Crippen molar-refractivity contribution in [3.63, 3.8) is 0 Å². The van der Waals surface area contributed by atoms with Gasteiger partial charge in [0.1, 0.15) is 0 Å². The maximum atomic E-state index is 12.8. The minimum Gasteiger partial charge on any atom is -0.322 e. The lowest BCUT2D eigenvalue weighted by atomic mass is 10.2. The molecule has 0 heterocycles. The number of anilines is 2. The minimum atomic E-state index is -3.69. The third-order valence-corrected chi connectivity index (χ3v) is 7.11. The molecule has 150 valence electrons. The van der Waals surface area contributed by atoms with Crippen LogP contribution in [0.2, 0.25) is 5.02 Å². The zero-order valence-electron chi connectivity index (χ0n) is 15.8. The van der Waals surface area contributed by atoms with Gasteiger partial charge in [0.15, 0.2) is 0 Å². The highest BCUT2D eigenvalue weighted by Crippen LogP contribution is 2.24. The molecule has 3 rings (SSSR count). The molecule has 5 nitrogen and oxygen atoms in total. The molecule has 0 radical (unpaired) electrons. The Hall–Kier alpha value is -2.48. The second-order valence-corrected chi connectivity index (χ2v) is 9.44. The van der Waals surface area contributed by atoms with Gasteiger partial charge in [0.2, 0.25) is 0 Å². The maximum absolute atomic E-state index is 12.8. The Bertz CT molecular complexity index is 1100. The lowest BCUT2D eigenvalue weighted by molar-refractivity contribution is 0.102. The molecule has 0 aliphatic carbocycles. The molecule has 0 aliphatic heterocycles. The Kier molecular flexibility index (Phi) is 6.52. The number of nitrogens with one attached hydrogen (secondary N) is 1. The van der Waals surface area contributed by atoms with E-state index in [0.717, 1.165) is 4.90 Å². The number of halogens is 1. The van der Waals surface area contributed by atoms with Crippen LogP contribution in [0.15, 0.2) is 82.6 Å². The van der Waals surface area contributed by atoms with Gasteiger partial charge in [-0.25, -0.2) is 8.42 Å². The van der Waals surface area contributed by atoms with Crippen molar-refractivity contribution in [3.8, 4) is 0 Å². The first-order valence-electron chi connectivity index (χ1n) is 8.61. The molecular weight excluding hydrogens is 428 g/mol. The molecule has 3 aromatic rings. The molecule has 0 fully saturated rings. The van der Waals surface area contributed by atoms with Crippen molar-refractivity contribution in [2.75, 3.05) is 22.9 Å². The van der Waals surface area contributed by atoms with Crippen LogP contribution >= 0.6 is 23.4 Å². The summed E-state index contributed by atoms with van der Waals surface area (Å²) in [5.41, 5.74) is 1.50. The molecule has 0 aliphatic rings. The smallest absolute Gasteiger partial charge is 0.264 e. The maximum Gasteiger partial charge on any atom is 0.264 e. The van der Waals surface area contributed by atoms with Crippen LogP contribution in [0, 0.1) is 0 Å². The van der Waals surface area contributed by atoms with E-state index in [1.54, 1.807) is 84.6 Å². The predicted molar refractivity (Wildman–Crippen MR) is 120 cm³/mol. The van der Waals surface area contributed by atoms with Crippen LogP contribution in [0.4, 0.5) is 11.4 Å². The van der Waals surface area contributed by atoms with E-state index in [4.69, 9.17) is 11.6 Å². The van der Waals surface area contributed by atoms with Crippen molar-refractivity contribution in [2.24, 2.45) is 0 Å². The number of amides is 1. The van der Waals surface area contributed by atoms with Crippen molar-refractivity contribution >= 4 is 50.7 Å². The normalized spacial score (nSPS) is 11.1. The Balaban J connectivity index is 1.75. The summed E-state index contributed by atoms with van der Waals surface area (Å²) < 4.78 is 26.9. The van der Waals surface area contributed by atoms with Crippen molar-refractivity contribution in [3.05, 3.63) is 83.4 Å². The zero-order chi connectivity index (χ0) is 21.0. The Morgan fingerprint density at radius 3 is 2.07 bits per heavy atom. The molecule has 0 saturated carbocycles. The molecule has 0 unspecified atom stereocenters. The van der Waals surface area contributed by atoms with Gasteiger partial charge in [0.25, 0.3) is 15.9 Å². The third-order valence-electron chi connectivity index (χ3n) is 4.31. The van der Waals surface area contributed by atoms with E-state index in [1.807, 2.05) is 6.26 Å². The number of hydrogen-bond donors (Lipinski definition) is 1. The first-order valence-corrected chi connectivity index (χ1v) is 11.7. The SMILES string of the molecule is CSc1ccc(S(=O)(=O)N(C)c2ccc(C(=O)Nc3ccc(Cl)cc3)cc2)cc1. The summed E-state index contributed by atoms with van der Waals surface area (Å²) in [5, 5.41) is 3.35. The first-order chi connectivity index (χ1) is 13.8. The fraction of sp³-hybridized carbons (Fsp3) is 0.0952. The van der Waals surface area contributed by atoms with Gasteiger partial charge < -0.3 is 5.32 Å². The van der Waals surface area contributed by atoms with Crippen LogP contribution in [0.5, 0.6) is 0 Å². The summed E-state index contributed by atoms with van der Waals surface area (Å²) in [4.78, 5) is 13.6. The molecule has 0 aromatic heterocycles. The highest BCUT2D eigenvalue weighted by Gasteiger charge is 2.21. The quantitative estimate of drug-likeness (QED) is 0.532. The molecule has 1 amide bonds. The molecule has 0 saturated heterocycles. The van der Waals surface area contributed by atoms with E-state index in [1.165, 1.54) is 11.4 Å². The van der Waals surface area contributed by atoms with Crippen LogP contribution in [0.1, 0.15) is 10.4 Å². The zero-order valence-corrected chi connectivity index (χ0v) is 18.2. The van der Waals surface area contributed by atoms with Crippen molar-refractivity contribution in [1.82, 2.24) is 0 Å². The second-order valence-electron chi connectivity index (χ2n) is 6.16. The number of nitrogens with zero attached hydrogens (tertiary/aromatic N) is 1. The van der Waals surface area contributed by atoms with Crippen molar-refractivity contribution < 1.29 is 13.2 Å². The highest BCUT2D eigenvalue weighted by molar-refractivity contribution is 7.98. The van der Waals surface area contributed by atoms with E-state index in [9.17, 15) is 13.2 Å². The number of carbonyl (C=O) groups is 1. The molecule has 0 atom stereocenters. The van der Waals surface area contributed by atoms with E-state index >= 15 is 0 Å². The fourth-order valence-electron chi connectivity index (χ4n) is 2.60. The lowest BCUT2D eigenvalue weighted by Gasteiger charge is -2.20. The van der Waals surface area contributed by atoms with Crippen LogP contribution in [-0.4, -0.2) is 27.6 Å². The van der Waals surface area contributed by atoms with Gasteiger partial charge in [0, 0.05) is 28.2 Å². The molecule has 29 heavy (non-hydrogen) atoms. The number of sulfonamides is 1. The number of benzene rings is 3. The van der Waals surface area contributed by atoms with Crippen LogP contribution < -0.4 is 9.62 Å². The molecule has 3 aromatic carbocycles. The van der Waals surface area contributed by atoms with E-state index < -0.39 is 10.0 Å². The minimum absolute atomic E-state index is 0.211. The van der Waals surface area contributed by atoms with Gasteiger partial charge in [-0.3, -0.25) is 9.10 Å². The molecule has 1 N–H and O–H groups in total. The van der Waals surface area contributed by atoms with Crippen LogP contribution in [-0.2, 0) is 10.0 Å². The lowest BCUT2D eigenvalue weighted by Crippen LogP contribution is -2.26. The predicted octanol–water partition coefficient (Wildman–Crippen LogP) is 5.14. The number of hydrogen-bond acceptors (Lipinski definition) is 4. The first kappa shape index (κ1) is 21.2. The van der Waals surface area contributed by atoms with Gasteiger partial charge in [0.05, 0.1) is 10.6 Å². The third kappa shape index (κ3) is 4.93. The Labute approximate surface area is 179 Å². The summed E-state index contributed by atoms with van der Waals surface area (Å²) in [6.07, 6.45) is 1.93. The standard InChI is InChI=1S/C21H19ClN2O3S2/c1-24(29(26,27)20-13-11-19(28-2)12-14-20)18-9-3-15(4-10-18)21(25)23-17-7-5-16(22)6-8-17/h3-14H,1-2H3,(H,23,25). The van der Waals surface area contributed by atoms with E-state index in [0.29, 0.717) is 22.0 Å². The number of rotatable bonds is 6. The van der Waals surface area contributed by atoms with E-state index in [-0.39, 0.29) is 10.8 Å². The molecule has 8 heteroatoms. The number of carbonyl (C=O) groups excluding carboxylic acids is 1. The average molecular weight is 447 g/mol. The van der Waals surface area contributed by atoms with Gasteiger partial charge in [-0.1, -0.05) is 11.6 Å². The monoisotopic (exact) mass is 446 g/mol. The molecule has 0 spiro atoms. The number of thioether (sulfide) groups is 1. The molecule has 0 bridgehead atoms. The van der Waals surface area contributed by atoms with Gasteiger partial charge in [-0.15, -0.1) is 11.8 Å². The van der Waals surface area contributed by atoms with Crippen LogP contribution in [0.25, 0.3) is 0 Å². The average Bonchev–Trinajstić information content (AvgIpc) is 2.75. The van der Waals surface area contributed by atoms with Crippen molar-refractivity contribution in [1.29, 1.82) is 0 Å². The van der Waals surface area contributed by atoms with Crippen molar-refractivity contribution in [2.45, 2.75) is 9.79 Å². The summed E-state index contributed by atoms with van der Waals surface area (Å²) >= 11 is 7.39. The highest BCUT2D eigenvalue weighted by atomic mass is 35.5.